The predicted octanol–water partition coefficient (Wildman–Crippen LogP) is 6.91. The molecule has 0 unspecified atom stereocenters. The molecule has 28 heavy (non-hydrogen) atoms. The lowest BCUT2D eigenvalue weighted by Crippen LogP contribution is -1.84. The number of benzene rings is 2. The minimum absolute atomic E-state index is 0.335. The lowest BCUT2D eigenvalue weighted by molar-refractivity contribution is 0.593. The molecule has 0 N–H and O–H groups in total. The lowest BCUT2D eigenvalue weighted by Gasteiger charge is -2.05. The largest absolute Gasteiger partial charge is 0.436 e. The molecular weight excluding hydrogens is 364 g/mol. The summed E-state index contributed by atoms with van der Waals surface area (Å²) in [5.41, 5.74) is 5.44. The van der Waals surface area contributed by atoms with Crippen LogP contribution in [0.3, 0.4) is 0 Å². The van der Waals surface area contributed by atoms with E-state index in [4.69, 9.17) is 4.42 Å². The third-order valence-electron chi connectivity index (χ3n) is 4.51. The zero-order valence-corrected chi connectivity index (χ0v) is 16.5. The number of rotatable bonds is 4. The molecule has 0 radical (unpaired) electrons. The smallest absolute Gasteiger partial charge is 0.238 e. The van der Waals surface area contributed by atoms with Crippen LogP contribution < -0.4 is 0 Å². The fourth-order valence-electron chi connectivity index (χ4n) is 3.00. The van der Waals surface area contributed by atoms with Gasteiger partial charge < -0.3 is 4.42 Å². The molecule has 4 aromatic rings. The van der Waals surface area contributed by atoms with Crippen LogP contribution in [0.1, 0.15) is 21.6 Å². The van der Waals surface area contributed by atoms with Gasteiger partial charge in [0.05, 0.1) is 0 Å². The molecule has 136 valence electrons. The fourth-order valence-corrected chi connectivity index (χ4v) is 3.59. The molecule has 3 nitrogen and oxygen atoms in total. The van der Waals surface area contributed by atoms with E-state index in [2.05, 4.69) is 11.1 Å². The van der Waals surface area contributed by atoms with E-state index in [9.17, 15) is 5.26 Å². The first kappa shape index (κ1) is 18.0. The number of hydrogen-bond acceptors (Lipinski definition) is 4. The molecule has 0 aliphatic heterocycles. The molecule has 2 aromatic heterocycles. The summed E-state index contributed by atoms with van der Waals surface area (Å²) in [4.78, 5) is 5.49. The van der Waals surface area contributed by atoms with Gasteiger partial charge in [-0.1, -0.05) is 65.7 Å². The second-order valence-corrected chi connectivity index (χ2v) is 7.58. The number of aliphatic imine (C=N–C) groups is 1. The Labute approximate surface area is 168 Å². The number of aryl methyl sites for hydroxylation is 2. The van der Waals surface area contributed by atoms with Gasteiger partial charge >= 0.3 is 0 Å². The summed E-state index contributed by atoms with van der Waals surface area (Å²) in [7, 11) is 0. The Balaban J connectivity index is 1.91. The summed E-state index contributed by atoms with van der Waals surface area (Å²) < 4.78 is 6.13. The summed E-state index contributed by atoms with van der Waals surface area (Å²) in [5, 5.41) is 11.9. The molecule has 0 amide bonds. The van der Waals surface area contributed by atoms with Crippen molar-refractivity contribution in [2.24, 2.45) is 4.99 Å². The van der Waals surface area contributed by atoms with Crippen LogP contribution in [-0.4, -0.2) is 6.21 Å². The van der Waals surface area contributed by atoms with Crippen molar-refractivity contribution in [3.63, 3.8) is 0 Å². The molecule has 0 fully saturated rings. The van der Waals surface area contributed by atoms with Crippen molar-refractivity contribution in [1.82, 2.24) is 0 Å². The van der Waals surface area contributed by atoms with Crippen molar-refractivity contribution in [3.8, 4) is 28.5 Å². The lowest BCUT2D eigenvalue weighted by atomic mass is 9.97. The maximum absolute atomic E-state index is 9.90. The van der Waals surface area contributed by atoms with E-state index >= 15 is 0 Å². The van der Waals surface area contributed by atoms with E-state index in [0.717, 1.165) is 21.6 Å². The third-order valence-corrected chi connectivity index (χ3v) is 5.31. The van der Waals surface area contributed by atoms with Gasteiger partial charge in [0.1, 0.15) is 17.4 Å². The monoisotopic (exact) mass is 382 g/mol. The third kappa shape index (κ3) is 3.53. The SMILES string of the molecule is Cc1ccc(-c2oc(N=Cc3cccs3)c(C#N)c2-c2ccc(C)cc2)cc1. The van der Waals surface area contributed by atoms with Crippen LogP contribution in [0, 0.1) is 25.2 Å². The van der Waals surface area contributed by atoms with Gasteiger partial charge in [-0.25, -0.2) is 4.99 Å². The first-order valence-electron chi connectivity index (χ1n) is 8.94. The van der Waals surface area contributed by atoms with Crippen molar-refractivity contribution in [2.45, 2.75) is 13.8 Å². The van der Waals surface area contributed by atoms with Gasteiger partial charge in [0.25, 0.3) is 0 Å². The molecular formula is C24H18N2OS. The number of furan rings is 1. The van der Waals surface area contributed by atoms with Gasteiger partial charge in [-0.3, -0.25) is 0 Å². The molecule has 0 aliphatic rings. The van der Waals surface area contributed by atoms with Gasteiger partial charge in [0.2, 0.25) is 5.88 Å². The molecule has 0 atom stereocenters. The van der Waals surface area contributed by atoms with Gasteiger partial charge in [0, 0.05) is 22.2 Å². The summed E-state index contributed by atoms with van der Waals surface area (Å²) in [6, 6.07) is 22.5. The Hall–Kier alpha value is -3.42. The zero-order chi connectivity index (χ0) is 19.5. The maximum Gasteiger partial charge on any atom is 0.238 e. The first-order chi connectivity index (χ1) is 13.7. The van der Waals surface area contributed by atoms with E-state index in [1.54, 1.807) is 17.6 Å². The van der Waals surface area contributed by atoms with E-state index in [1.165, 1.54) is 11.1 Å². The van der Waals surface area contributed by atoms with Crippen LogP contribution in [0.15, 0.2) is 75.5 Å². The first-order valence-corrected chi connectivity index (χ1v) is 9.82. The van der Waals surface area contributed by atoms with E-state index in [0.29, 0.717) is 17.2 Å². The molecule has 2 heterocycles. The van der Waals surface area contributed by atoms with Crippen LogP contribution in [0.25, 0.3) is 22.5 Å². The van der Waals surface area contributed by atoms with Crippen LogP contribution in [-0.2, 0) is 0 Å². The Kier molecular flexibility index (Phi) is 4.92. The highest BCUT2D eigenvalue weighted by molar-refractivity contribution is 7.11. The fraction of sp³-hybridized carbons (Fsp3) is 0.0833. The Morgan fingerprint density at radius 2 is 1.57 bits per heavy atom. The van der Waals surface area contributed by atoms with Gasteiger partial charge in [-0.15, -0.1) is 11.3 Å². The van der Waals surface area contributed by atoms with Crippen LogP contribution >= 0.6 is 11.3 Å². The Morgan fingerprint density at radius 1 is 0.929 bits per heavy atom. The van der Waals surface area contributed by atoms with Crippen LogP contribution in [0.2, 0.25) is 0 Å². The van der Waals surface area contributed by atoms with Gasteiger partial charge in [-0.2, -0.15) is 5.26 Å². The Bertz CT molecular complexity index is 1160. The van der Waals surface area contributed by atoms with Crippen molar-refractivity contribution in [2.75, 3.05) is 0 Å². The molecule has 0 spiro atoms. The number of thiophene rings is 1. The second kappa shape index (κ2) is 7.67. The second-order valence-electron chi connectivity index (χ2n) is 6.60. The maximum atomic E-state index is 9.90. The average molecular weight is 382 g/mol. The predicted molar refractivity (Wildman–Crippen MR) is 115 cm³/mol. The number of hydrogen-bond donors (Lipinski definition) is 0. The molecule has 0 saturated carbocycles. The zero-order valence-electron chi connectivity index (χ0n) is 15.6. The van der Waals surface area contributed by atoms with Crippen molar-refractivity contribution < 1.29 is 4.42 Å². The van der Waals surface area contributed by atoms with Crippen LogP contribution in [0.4, 0.5) is 5.88 Å². The van der Waals surface area contributed by atoms with Crippen molar-refractivity contribution >= 4 is 23.4 Å². The van der Waals surface area contributed by atoms with Gasteiger partial charge in [-0.05, 0) is 30.9 Å². The molecule has 2 aromatic carbocycles. The highest BCUT2D eigenvalue weighted by Gasteiger charge is 2.22. The van der Waals surface area contributed by atoms with Crippen LogP contribution in [0.5, 0.6) is 0 Å². The minimum atomic E-state index is 0.335. The topological polar surface area (TPSA) is 49.3 Å². The summed E-state index contributed by atoms with van der Waals surface area (Å²) >= 11 is 1.59. The number of nitriles is 1. The van der Waals surface area contributed by atoms with Crippen molar-refractivity contribution in [3.05, 3.63) is 87.6 Å². The highest BCUT2D eigenvalue weighted by Crippen LogP contribution is 2.42. The summed E-state index contributed by atoms with van der Waals surface area (Å²) in [5.74, 6) is 1.00. The molecule has 4 rings (SSSR count). The highest BCUT2D eigenvalue weighted by atomic mass is 32.1. The average Bonchev–Trinajstić information content (AvgIpc) is 3.35. The minimum Gasteiger partial charge on any atom is -0.436 e. The Morgan fingerprint density at radius 3 is 2.14 bits per heavy atom. The molecule has 4 heteroatoms. The molecule has 0 bridgehead atoms. The quantitative estimate of drug-likeness (QED) is 0.360. The summed E-state index contributed by atoms with van der Waals surface area (Å²) in [6.07, 6.45) is 1.74. The molecule has 0 saturated heterocycles. The van der Waals surface area contributed by atoms with E-state index in [-0.39, 0.29) is 0 Å². The normalized spacial score (nSPS) is 11.0. The number of nitrogens with zero attached hydrogens (tertiary/aromatic N) is 2. The van der Waals surface area contributed by atoms with Crippen molar-refractivity contribution in [1.29, 1.82) is 5.26 Å². The molecule has 0 aliphatic carbocycles. The standard InChI is InChI=1S/C24H18N2OS/c1-16-5-9-18(10-6-16)22-21(14-25)24(26-15-20-4-3-13-28-20)27-23(22)19-11-7-17(2)8-12-19/h3-13,15H,1-2H3. The van der Waals surface area contributed by atoms with E-state index < -0.39 is 0 Å². The summed E-state index contributed by atoms with van der Waals surface area (Å²) in [6.45, 7) is 4.09. The van der Waals surface area contributed by atoms with E-state index in [1.807, 2.05) is 79.9 Å². The van der Waals surface area contributed by atoms with Gasteiger partial charge in [0.15, 0.2) is 0 Å².